The molecule has 2 heterocycles. The second-order valence-corrected chi connectivity index (χ2v) is 4.00. The Hall–Kier alpha value is -0.0800. The second kappa shape index (κ2) is 3.75. The van der Waals surface area contributed by atoms with E-state index in [0.717, 1.165) is 12.5 Å². The summed E-state index contributed by atoms with van der Waals surface area (Å²) in [4.78, 5) is 2.51. The maximum Gasteiger partial charge on any atom is 0.112 e. The van der Waals surface area contributed by atoms with E-state index in [1.54, 1.807) is 0 Å². The number of ether oxygens (including phenoxy) is 1. The van der Waals surface area contributed by atoms with Gasteiger partial charge in [0.1, 0.15) is 6.23 Å². The van der Waals surface area contributed by atoms with Gasteiger partial charge in [-0.3, -0.25) is 4.90 Å². The summed E-state index contributed by atoms with van der Waals surface area (Å²) >= 11 is 0. The van der Waals surface area contributed by atoms with Gasteiger partial charge in [0.05, 0.1) is 6.61 Å². The van der Waals surface area contributed by atoms with Crippen LogP contribution in [-0.2, 0) is 4.74 Å². The first kappa shape index (κ1) is 8.52. The molecule has 1 unspecified atom stereocenters. The van der Waals surface area contributed by atoms with Crippen LogP contribution < -0.4 is 0 Å². The Balaban J connectivity index is 1.74. The van der Waals surface area contributed by atoms with Gasteiger partial charge in [0.2, 0.25) is 0 Å². The average molecular weight is 169 g/mol. The van der Waals surface area contributed by atoms with Crippen molar-refractivity contribution in [2.75, 3.05) is 19.7 Å². The minimum absolute atomic E-state index is 0.489. The Morgan fingerprint density at radius 2 is 1.92 bits per heavy atom. The smallest absolute Gasteiger partial charge is 0.112 e. The van der Waals surface area contributed by atoms with Gasteiger partial charge in [-0.2, -0.15) is 0 Å². The third-order valence-corrected chi connectivity index (χ3v) is 3.31. The molecule has 0 amide bonds. The first-order valence-electron chi connectivity index (χ1n) is 5.26. The Morgan fingerprint density at radius 3 is 2.33 bits per heavy atom. The molecule has 0 radical (unpaired) electrons. The summed E-state index contributed by atoms with van der Waals surface area (Å²) in [5.74, 6) is 0.987. The molecule has 2 saturated heterocycles. The van der Waals surface area contributed by atoms with Crippen molar-refractivity contribution in [2.45, 2.75) is 38.8 Å². The highest BCUT2D eigenvalue weighted by Gasteiger charge is 2.28. The van der Waals surface area contributed by atoms with Crippen LogP contribution in [0.25, 0.3) is 0 Å². The number of nitrogens with zero attached hydrogens (tertiary/aromatic N) is 1. The van der Waals surface area contributed by atoms with Crippen LogP contribution in [0.3, 0.4) is 0 Å². The largest absolute Gasteiger partial charge is 0.363 e. The van der Waals surface area contributed by atoms with Crippen molar-refractivity contribution in [1.82, 2.24) is 4.90 Å². The van der Waals surface area contributed by atoms with Crippen LogP contribution >= 0.6 is 0 Å². The summed E-state index contributed by atoms with van der Waals surface area (Å²) in [5, 5.41) is 0. The quantitative estimate of drug-likeness (QED) is 0.625. The monoisotopic (exact) mass is 169 g/mol. The van der Waals surface area contributed by atoms with Crippen LogP contribution in [0, 0.1) is 5.92 Å². The standard InChI is InChI=1S/C10H19NO/c1-2-9-3-6-11(7-4-9)10-5-8-12-10/h9-10H,2-8H2,1H3. The van der Waals surface area contributed by atoms with Crippen molar-refractivity contribution in [3.63, 3.8) is 0 Å². The highest BCUT2D eigenvalue weighted by molar-refractivity contribution is 4.76. The Labute approximate surface area is 74.9 Å². The molecule has 0 aliphatic carbocycles. The van der Waals surface area contributed by atoms with E-state index in [4.69, 9.17) is 4.74 Å². The molecule has 0 N–H and O–H groups in total. The molecule has 0 aromatic carbocycles. The van der Waals surface area contributed by atoms with E-state index in [1.165, 1.54) is 38.8 Å². The van der Waals surface area contributed by atoms with Gasteiger partial charge in [0.25, 0.3) is 0 Å². The summed E-state index contributed by atoms with van der Waals surface area (Å²) in [7, 11) is 0. The van der Waals surface area contributed by atoms with Gasteiger partial charge in [0, 0.05) is 19.5 Å². The third-order valence-electron chi connectivity index (χ3n) is 3.31. The molecule has 70 valence electrons. The fourth-order valence-electron chi connectivity index (χ4n) is 2.16. The predicted molar refractivity (Wildman–Crippen MR) is 48.9 cm³/mol. The minimum atomic E-state index is 0.489. The van der Waals surface area contributed by atoms with Crippen molar-refractivity contribution >= 4 is 0 Å². The molecule has 0 saturated carbocycles. The molecule has 0 aromatic heterocycles. The maximum absolute atomic E-state index is 5.46. The number of hydrogen-bond acceptors (Lipinski definition) is 2. The van der Waals surface area contributed by atoms with E-state index in [2.05, 4.69) is 11.8 Å². The molecule has 2 heteroatoms. The van der Waals surface area contributed by atoms with E-state index in [-0.39, 0.29) is 0 Å². The predicted octanol–water partition coefficient (Wildman–Crippen LogP) is 1.85. The van der Waals surface area contributed by atoms with Gasteiger partial charge in [-0.15, -0.1) is 0 Å². The second-order valence-electron chi connectivity index (χ2n) is 4.00. The van der Waals surface area contributed by atoms with Crippen LogP contribution in [-0.4, -0.2) is 30.8 Å². The highest BCUT2D eigenvalue weighted by Crippen LogP contribution is 2.25. The summed E-state index contributed by atoms with van der Waals surface area (Å²) < 4.78 is 5.46. The molecule has 2 aliphatic rings. The van der Waals surface area contributed by atoms with Crippen LogP contribution in [0.4, 0.5) is 0 Å². The molecule has 2 rings (SSSR count). The fraction of sp³-hybridized carbons (Fsp3) is 1.00. The first-order valence-corrected chi connectivity index (χ1v) is 5.26. The minimum Gasteiger partial charge on any atom is -0.363 e. The fourth-order valence-corrected chi connectivity index (χ4v) is 2.16. The van der Waals surface area contributed by atoms with E-state index < -0.39 is 0 Å². The lowest BCUT2D eigenvalue weighted by atomic mass is 9.94. The molecule has 0 aromatic rings. The molecule has 12 heavy (non-hydrogen) atoms. The number of rotatable bonds is 2. The number of piperidine rings is 1. The molecule has 2 aliphatic heterocycles. The molecule has 1 atom stereocenters. The van der Waals surface area contributed by atoms with Crippen LogP contribution in [0.5, 0.6) is 0 Å². The molecule has 2 fully saturated rings. The average Bonchev–Trinajstić information content (AvgIpc) is 2.03. The zero-order chi connectivity index (χ0) is 8.39. The molecule has 2 nitrogen and oxygen atoms in total. The SMILES string of the molecule is CCC1CCN(C2CCO2)CC1. The summed E-state index contributed by atoms with van der Waals surface area (Å²) in [5.41, 5.74) is 0. The van der Waals surface area contributed by atoms with Crippen molar-refractivity contribution in [2.24, 2.45) is 5.92 Å². The zero-order valence-electron chi connectivity index (χ0n) is 7.96. The lowest BCUT2D eigenvalue weighted by Crippen LogP contribution is -2.48. The Kier molecular flexibility index (Phi) is 2.66. The van der Waals surface area contributed by atoms with E-state index in [0.29, 0.717) is 6.23 Å². The summed E-state index contributed by atoms with van der Waals surface area (Å²) in [6.45, 7) is 5.82. The molecular weight excluding hydrogens is 150 g/mol. The van der Waals surface area contributed by atoms with E-state index in [9.17, 15) is 0 Å². The van der Waals surface area contributed by atoms with E-state index >= 15 is 0 Å². The van der Waals surface area contributed by atoms with Gasteiger partial charge >= 0.3 is 0 Å². The van der Waals surface area contributed by atoms with Crippen LogP contribution in [0.15, 0.2) is 0 Å². The topological polar surface area (TPSA) is 12.5 Å². The first-order chi connectivity index (χ1) is 5.90. The number of likely N-dealkylation sites (tertiary alicyclic amines) is 1. The van der Waals surface area contributed by atoms with Crippen molar-refractivity contribution < 1.29 is 4.74 Å². The van der Waals surface area contributed by atoms with Crippen molar-refractivity contribution in [3.05, 3.63) is 0 Å². The Morgan fingerprint density at radius 1 is 1.25 bits per heavy atom. The lowest BCUT2D eigenvalue weighted by Gasteiger charge is -2.41. The van der Waals surface area contributed by atoms with Crippen LogP contribution in [0.1, 0.15) is 32.6 Å². The van der Waals surface area contributed by atoms with Gasteiger partial charge in [-0.1, -0.05) is 13.3 Å². The van der Waals surface area contributed by atoms with Gasteiger partial charge < -0.3 is 4.74 Å². The Bertz CT molecular complexity index is 137. The molecular formula is C10H19NO. The van der Waals surface area contributed by atoms with Gasteiger partial charge in [0.15, 0.2) is 0 Å². The molecule has 0 bridgehead atoms. The molecule has 0 spiro atoms. The highest BCUT2D eigenvalue weighted by atomic mass is 16.5. The van der Waals surface area contributed by atoms with Gasteiger partial charge in [-0.25, -0.2) is 0 Å². The summed E-state index contributed by atoms with van der Waals surface area (Å²) in [6.07, 6.45) is 5.88. The van der Waals surface area contributed by atoms with Crippen molar-refractivity contribution in [3.8, 4) is 0 Å². The lowest BCUT2D eigenvalue weighted by molar-refractivity contribution is -0.151. The third kappa shape index (κ3) is 1.64. The van der Waals surface area contributed by atoms with E-state index in [1.807, 2.05) is 0 Å². The zero-order valence-corrected chi connectivity index (χ0v) is 7.96. The summed E-state index contributed by atoms with van der Waals surface area (Å²) in [6, 6.07) is 0. The number of hydrogen-bond donors (Lipinski definition) is 0. The van der Waals surface area contributed by atoms with Crippen molar-refractivity contribution in [1.29, 1.82) is 0 Å². The van der Waals surface area contributed by atoms with Crippen LogP contribution in [0.2, 0.25) is 0 Å². The van der Waals surface area contributed by atoms with Gasteiger partial charge in [-0.05, 0) is 18.8 Å². The normalized spacial score (nSPS) is 33.2. The maximum atomic E-state index is 5.46.